The highest BCUT2D eigenvalue weighted by atomic mass is 15.1. The third kappa shape index (κ3) is 1.19. The van der Waals surface area contributed by atoms with Gasteiger partial charge in [0.05, 0.1) is 5.69 Å². The third-order valence-electron chi connectivity index (χ3n) is 2.53. The molecule has 1 heterocycles. The molecule has 0 aliphatic heterocycles. The van der Waals surface area contributed by atoms with Gasteiger partial charge < -0.3 is 10.3 Å². The Labute approximate surface area is 72.6 Å². The fourth-order valence-electron chi connectivity index (χ4n) is 1.77. The summed E-state index contributed by atoms with van der Waals surface area (Å²) in [6, 6.07) is 0. The predicted octanol–water partition coefficient (Wildman–Crippen LogP) is 1.58. The second-order valence-corrected chi connectivity index (χ2v) is 3.61. The maximum Gasteiger partial charge on any atom is 0.200 e. The lowest BCUT2D eigenvalue weighted by molar-refractivity contribution is 0.492. The maximum atomic E-state index is 4.44. The number of anilines is 1. The number of rotatable bonds is 1. The van der Waals surface area contributed by atoms with Crippen molar-refractivity contribution in [3.63, 3.8) is 0 Å². The minimum Gasteiger partial charge on any atom is -0.359 e. The van der Waals surface area contributed by atoms with Gasteiger partial charge in [-0.3, -0.25) is 0 Å². The van der Waals surface area contributed by atoms with Crippen LogP contribution < -0.4 is 5.32 Å². The fourth-order valence-corrected chi connectivity index (χ4v) is 1.77. The molecule has 66 valence electrons. The number of hydrogen-bond donors (Lipinski definition) is 2. The van der Waals surface area contributed by atoms with Gasteiger partial charge in [-0.05, 0) is 25.2 Å². The van der Waals surface area contributed by atoms with Crippen LogP contribution in [0.4, 0.5) is 5.95 Å². The summed E-state index contributed by atoms with van der Waals surface area (Å²) in [5.41, 5.74) is 2.59. The van der Waals surface area contributed by atoms with Crippen LogP contribution in [0.15, 0.2) is 0 Å². The third-order valence-corrected chi connectivity index (χ3v) is 2.53. The van der Waals surface area contributed by atoms with Crippen molar-refractivity contribution < 1.29 is 0 Å². The highest BCUT2D eigenvalue weighted by Crippen LogP contribution is 2.24. The zero-order valence-electron chi connectivity index (χ0n) is 7.65. The van der Waals surface area contributed by atoms with E-state index in [0.717, 1.165) is 24.7 Å². The predicted molar refractivity (Wildman–Crippen MR) is 49.3 cm³/mol. The number of aromatic amines is 1. The Morgan fingerprint density at radius 1 is 1.58 bits per heavy atom. The second-order valence-electron chi connectivity index (χ2n) is 3.61. The van der Waals surface area contributed by atoms with Crippen LogP contribution in [-0.2, 0) is 12.8 Å². The Bertz CT molecular complexity index is 277. The number of nitrogens with one attached hydrogen (secondary N) is 2. The number of H-pyrrole nitrogens is 1. The summed E-state index contributed by atoms with van der Waals surface area (Å²) >= 11 is 0. The van der Waals surface area contributed by atoms with E-state index < -0.39 is 0 Å². The van der Waals surface area contributed by atoms with E-state index in [2.05, 4.69) is 22.2 Å². The van der Waals surface area contributed by atoms with Gasteiger partial charge in [0.15, 0.2) is 5.95 Å². The first kappa shape index (κ1) is 7.65. The van der Waals surface area contributed by atoms with E-state index in [0.29, 0.717) is 0 Å². The molecule has 0 bridgehead atoms. The summed E-state index contributed by atoms with van der Waals surface area (Å²) < 4.78 is 0. The Hall–Kier alpha value is -0.990. The topological polar surface area (TPSA) is 40.7 Å². The van der Waals surface area contributed by atoms with Crippen molar-refractivity contribution in [1.29, 1.82) is 0 Å². The summed E-state index contributed by atoms with van der Waals surface area (Å²) in [6.07, 6.45) is 3.57. The van der Waals surface area contributed by atoms with Gasteiger partial charge >= 0.3 is 0 Å². The quantitative estimate of drug-likeness (QED) is 0.663. The molecule has 1 atom stereocenters. The molecule has 0 fully saturated rings. The number of hydrogen-bond acceptors (Lipinski definition) is 2. The molecule has 1 aliphatic carbocycles. The van der Waals surface area contributed by atoms with Gasteiger partial charge in [-0.1, -0.05) is 6.92 Å². The molecule has 1 aliphatic rings. The van der Waals surface area contributed by atoms with Crippen molar-refractivity contribution in [3.8, 4) is 0 Å². The number of nitrogens with zero attached hydrogens (tertiary/aromatic N) is 1. The Morgan fingerprint density at radius 3 is 3.17 bits per heavy atom. The smallest absolute Gasteiger partial charge is 0.200 e. The van der Waals surface area contributed by atoms with Gasteiger partial charge in [0.25, 0.3) is 0 Å². The first-order chi connectivity index (χ1) is 5.79. The number of aryl methyl sites for hydroxylation is 1. The second kappa shape index (κ2) is 2.81. The molecule has 1 aromatic heterocycles. The van der Waals surface area contributed by atoms with Crippen LogP contribution in [0.3, 0.4) is 0 Å². The lowest BCUT2D eigenvalue weighted by Gasteiger charge is -2.15. The molecule has 1 unspecified atom stereocenters. The van der Waals surface area contributed by atoms with E-state index in [9.17, 15) is 0 Å². The monoisotopic (exact) mass is 165 g/mol. The van der Waals surface area contributed by atoms with Crippen LogP contribution in [0.2, 0.25) is 0 Å². The molecule has 12 heavy (non-hydrogen) atoms. The van der Waals surface area contributed by atoms with Crippen LogP contribution in [-0.4, -0.2) is 17.0 Å². The molecular weight excluding hydrogens is 150 g/mol. The summed E-state index contributed by atoms with van der Waals surface area (Å²) in [5, 5.41) is 3.03. The first-order valence-electron chi connectivity index (χ1n) is 4.55. The Kier molecular flexibility index (Phi) is 1.79. The lowest BCUT2D eigenvalue weighted by Crippen LogP contribution is -2.10. The van der Waals surface area contributed by atoms with Gasteiger partial charge in [0.2, 0.25) is 0 Å². The number of fused-ring (bicyclic) bond motifs is 1. The fraction of sp³-hybridized carbons (Fsp3) is 0.667. The van der Waals surface area contributed by atoms with Crippen molar-refractivity contribution in [1.82, 2.24) is 9.97 Å². The molecule has 0 saturated carbocycles. The molecule has 2 N–H and O–H groups in total. The minimum absolute atomic E-state index is 0.808. The number of imidazole rings is 1. The van der Waals surface area contributed by atoms with E-state index in [4.69, 9.17) is 0 Å². The van der Waals surface area contributed by atoms with E-state index in [1.54, 1.807) is 0 Å². The maximum absolute atomic E-state index is 4.44. The van der Waals surface area contributed by atoms with Crippen LogP contribution in [0.1, 0.15) is 24.7 Å². The van der Waals surface area contributed by atoms with E-state index in [1.807, 2.05) is 7.05 Å². The van der Waals surface area contributed by atoms with Crippen LogP contribution in [0.5, 0.6) is 0 Å². The summed E-state index contributed by atoms with van der Waals surface area (Å²) in [5.74, 6) is 1.72. The summed E-state index contributed by atoms with van der Waals surface area (Å²) in [6.45, 7) is 2.29. The standard InChI is InChI=1S/C9H15N3/c1-6-3-4-7-8(5-6)12-9(10-2)11-7/h6H,3-5H2,1-2H3,(H2,10,11,12). The van der Waals surface area contributed by atoms with Gasteiger partial charge in [-0.15, -0.1) is 0 Å². The summed E-state index contributed by atoms with van der Waals surface area (Å²) in [7, 11) is 1.90. The highest BCUT2D eigenvalue weighted by molar-refractivity contribution is 5.31. The molecule has 3 heteroatoms. The van der Waals surface area contributed by atoms with Crippen molar-refractivity contribution in [2.24, 2.45) is 5.92 Å². The van der Waals surface area contributed by atoms with Crippen molar-refractivity contribution >= 4 is 5.95 Å². The zero-order valence-corrected chi connectivity index (χ0v) is 7.65. The van der Waals surface area contributed by atoms with E-state index in [-0.39, 0.29) is 0 Å². The summed E-state index contributed by atoms with van der Waals surface area (Å²) in [4.78, 5) is 7.73. The van der Waals surface area contributed by atoms with Crippen molar-refractivity contribution in [3.05, 3.63) is 11.4 Å². The lowest BCUT2D eigenvalue weighted by atomic mass is 9.92. The molecule has 2 rings (SSSR count). The minimum atomic E-state index is 0.808. The van der Waals surface area contributed by atoms with Crippen molar-refractivity contribution in [2.45, 2.75) is 26.2 Å². The van der Waals surface area contributed by atoms with Gasteiger partial charge in [0, 0.05) is 12.7 Å². The van der Waals surface area contributed by atoms with Gasteiger partial charge in [-0.2, -0.15) is 0 Å². The molecule has 0 amide bonds. The zero-order chi connectivity index (χ0) is 8.55. The molecule has 0 saturated heterocycles. The number of aromatic nitrogens is 2. The van der Waals surface area contributed by atoms with Crippen LogP contribution in [0.25, 0.3) is 0 Å². The average Bonchev–Trinajstić information content (AvgIpc) is 2.46. The molecule has 0 spiro atoms. The Balaban J connectivity index is 2.28. The average molecular weight is 165 g/mol. The highest BCUT2D eigenvalue weighted by Gasteiger charge is 2.18. The van der Waals surface area contributed by atoms with E-state index in [1.165, 1.54) is 17.8 Å². The molecule has 0 aromatic carbocycles. The molecule has 0 radical (unpaired) electrons. The van der Waals surface area contributed by atoms with Crippen LogP contribution >= 0.6 is 0 Å². The van der Waals surface area contributed by atoms with Gasteiger partial charge in [0.1, 0.15) is 0 Å². The van der Waals surface area contributed by atoms with Crippen LogP contribution in [0, 0.1) is 5.92 Å². The normalized spacial score (nSPS) is 22.0. The molecule has 1 aromatic rings. The van der Waals surface area contributed by atoms with Crippen molar-refractivity contribution in [2.75, 3.05) is 12.4 Å². The molecular formula is C9H15N3. The molecule has 3 nitrogen and oxygen atoms in total. The first-order valence-corrected chi connectivity index (χ1v) is 4.55. The largest absolute Gasteiger partial charge is 0.359 e. The van der Waals surface area contributed by atoms with Gasteiger partial charge in [-0.25, -0.2) is 4.98 Å². The van der Waals surface area contributed by atoms with E-state index >= 15 is 0 Å². The Morgan fingerprint density at radius 2 is 2.42 bits per heavy atom. The SMILES string of the molecule is CNc1nc2c([nH]1)CC(C)CC2.